The fourth-order valence-corrected chi connectivity index (χ4v) is 2.97. The fourth-order valence-electron chi connectivity index (χ4n) is 2.48. The second-order valence-electron chi connectivity index (χ2n) is 5.69. The average Bonchev–Trinajstić information content (AvgIpc) is 2.95. The molecule has 1 amide bonds. The summed E-state index contributed by atoms with van der Waals surface area (Å²) < 4.78 is 10.8. The molecule has 1 atom stereocenters. The van der Waals surface area contributed by atoms with E-state index >= 15 is 0 Å². The number of ether oxygens (including phenoxy) is 1. The number of amides is 1. The predicted molar refractivity (Wildman–Crippen MR) is 101 cm³/mol. The van der Waals surface area contributed by atoms with Crippen LogP contribution in [0.3, 0.4) is 0 Å². The maximum absolute atomic E-state index is 12.4. The molecule has 0 saturated heterocycles. The lowest BCUT2D eigenvalue weighted by Crippen LogP contribution is -2.30. The average molecular weight is 392 g/mol. The molecule has 7 heteroatoms. The first-order valence-electron chi connectivity index (χ1n) is 7.82. The number of carbonyl (C=O) groups excluding carboxylic acids is 2. The number of carbonyl (C=O) groups is 2. The SMILES string of the molecule is Cc1c(C(=O)O[C@@H](C)C(=O)Nc2c(Cl)cccc2Cl)oc2ccccc12. The van der Waals surface area contributed by atoms with E-state index < -0.39 is 18.0 Å². The van der Waals surface area contributed by atoms with Crippen LogP contribution in [0.15, 0.2) is 46.9 Å². The van der Waals surface area contributed by atoms with Crippen LogP contribution in [0.4, 0.5) is 5.69 Å². The van der Waals surface area contributed by atoms with Gasteiger partial charge >= 0.3 is 5.97 Å². The van der Waals surface area contributed by atoms with Gasteiger partial charge in [-0.3, -0.25) is 4.79 Å². The second kappa shape index (κ2) is 7.40. The Morgan fingerprint density at radius 2 is 1.73 bits per heavy atom. The lowest BCUT2D eigenvalue weighted by molar-refractivity contribution is -0.123. The van der Waals surface area contributed by atoms with Crippen molar-refractivity contribution < 1.29 is 18.7 Å². The summed E-state index contributed by atoms with van der Waals surface area (Å²) in [6.45, 7) is 3.21. The number of hydrogen-bond acceptors (Lipinski definition) is 4. The van der Waals surface area contributed by atoms with Gasteiger partial charge in [0.2, 0.25) is 5.76 Å². The van der Waals surface area contributed by atoms with E-state index in [0.717, 1.165) is 5.39 Å². The molecule has 0 fully saturated rings. The van der Waals surface area contributed by atoms with Crippen molar-refractivity contribution in [3.8, 4) is 0 Å². The standard InChI is InChI=1S/C19H15Cl2NO4/c1-10-12-6-3-4-9-15(12)26-17(10)19(24)25-11(2)18(23)22-16-13(20)7-5-8-14(16)21/h3-9,11H,1-2H3,(H,22,23)/t11-/m0/s1. The molecule has 0 spiro atoms. The van der Waals surface area contributed by atoms with Crippen LogP contribution >= 0.6 is 23.2 Å². The molecule has 0 unspecified atom stereocenters. The number of furan rings is 1. The molecular weight excluding hydrogens is 377 g/mol. The Labute approximate surface area is 159 Å². The number of esters is 1. The number of anilines is 1. The molecular formula is C19H15Cl2NO4. The van der Waals surface area contributed by atoms with E-state index in [4.69, 9.17) is 32.4 Å². The topological polar surface area (TPSA) is 68.5 Å². The van der Waals surface area contributed by atoms with Gasteiger partial charge in [-0.15, -0.1) is 0 Å². The molecule has 0 aliphatic rings. The van der Waals surface area contributed by atoms with Crippen LogP contribution in [0.1, 0.15) is 23.0 Å². The quantitative estimate of drug-likeness (QED) is 0.618. The molecule has 0 bridgehead atoms. The van der Waals surface area contributed by atoms with Crippen molar-refractivity contribution in [3.05, 3.63) is 63.8 Å². The van der Waals surface area contributed by atoms with Crippen molar-refractivity contribution in [2.75, 3.05) is 5.32 Å². The van der Waals surface area contributed by atoms with Gasteiger partial charge in [-0.25, -0.2) is 4.79 Å². The molecule has 0 aliphatic heterocycles. The molecule has 1 N–H and O–H groups in total. The second-order valence-corrected chi connectivity index (χ2v) is 6.50. The Kier molecular flexibility index (Phi) is 5.20. The van der Waals surface area contributed by atoms with E-state index in [-0.39, 0.29) is 21.5 Å². The molecule has 0 aliphatic carbocycles. The minimum absolute atomic E-state index is 0.0709. The normalized spacial score (nSPS) is 12.0. The van der Waals surface area contributed by atoms with E-state index in [1.54, 1.807) is 31.2 Å². The van der Waals surface area contributed by atoms with Crippen LogP contribution < -0.4 is 5.32 Å². The first-order valence-corrected chi connectivity index (χ1v) is 8.58. The number of fused-ring (bicyclic) bond motifs is 1. The van der Waals surface area contributed by atoms with Crippen molar-refractivity contribution in [3.63, 3.8) is 0 Å². The van der Waals surface area contributed by atoms with Crippen molar-refractivity contribution in [2.24, 2.45) is 0 Å². The van der Waals surface area contributed by atoms with Gasteiger partial charge in [0.25, 0.3) is 5.91 Å². The molecule has 3 rings (SSSR count). The monoisotopic (exact) mass is 391 g/mol. The molecule has 0 saturated carbocycles. The number of nitrogens with one attached hydrogen (secondary N) is 1. The fraction of sp³-hybridized carbons (Fsp3) is 0.158. The third kappa shape index (κ3) is 3.54. The molecule has 134 valence electrons. The summed E-state index contributed by atoms with van der Waals surface area (Å²) >= 11 is 12.0. The lowest BCUT2D eigenvalue weighted by Gasteiger charge is -2.14. The van der Waals surface area contributed by atoms with Crippen LogP contribution in [-0.4, -0.2) is 18.0 Å². The van der Waals surface area contributed by atoms with Gasteiger partial charge in [0.1, 0.15) is 5.58 Å². The highest BCUT2D eigenvalue weighted by atomic mass is 35.5. The number of para-hydroxylation sites is 2. The van der Waals surface area contributed by atoms with Crippen LogP contribution in [0.2, 0.25) is 10.0 Å². The third-order valence-electron chi connectivity index (χ3n) is 3.89. The highest BCUT2D eigenvalue weighted by Gasteiger charge is 2.24. The Bertz CT molecular complexity index is 976. The summed E-state index contributed by atoms with van der Waals surface area (Å²) in [6, 6.07) is 12.1. The van der Waals surface area contributed by atoms with Crippen LogP contribution in [0.5, 0.6) is 0 Å². The highest BCUT2D eigenvalue weighted by molar-refractivity contribution is 6.39. The molecule has 2 aromatic carbocycles. The zero-order valence-electron chi connectivity index (χ0n) is 14.0. The van der Waals surface area contributed by atoms with Crippen molar-refractivity contribution in [1.29, 1.82) is 0 Å². The van der Waals surface area contributed by atoms with Gasteiger partial charge in [0.05, 0.1) is 15.7 Å². The van der Waals surface area contributed by atoms with Crippen molar-refractivity contribution in [1.82, 2.24) is 0 Å². The minimum atomic E-state index is -1.07. The Hall–Kier alpha value is -2.50. The number of halogens is 2. The lowest BCUT2D eigenvalue weighted by atomic mass is 10.1. The number of benzene rings is 2. The summed E-state index contributed by atoms with van der Waals surface area (Å²) in [5, 5.41) is 3.96. The maximum atomic E-state index is 12.4. The highest BCUT2D eigenvalue weighted by Crippen LogP contribution is 2.30. The Balaban J connectivity index is 1.74. The van der Waals surface area contributed by atoms with Crippen LogP contribution in [0.25, 0.3) is 11.0 Å². The van der Waals surface area contributed by atoms with Crippen molar-refractivity contribution in [2.45, 2.75) is 20.0 Å². The first-order chi connectivity index (χ1) is 12.4. The molecule has 1 aromatic heterocycles. The number of rotatable bonds is 4. The third-order valence-corrected chi connectivity index (χ3v) is 4.52. The summed E-state index contributed by atoms with van der Waals surface area (Å²) in [4.78, 5) is 24.7. The Morgan fingerprint density at radius 3 is 2.38 bits per heavy atom. The van der Waals surface area contributed by atoms with Gasteiger partial charge in [-0.2, -0.15) is 0 Å². The molecule has 0 radical (unpaired) electrons. The van der Waals surface area contributed by atoms with Crippen LogP contribution in [0, 0.1) is 6.92 Å². The number of hydrogen-bond donors (Lipinski definition) is 1. The van der Waals surface area contributed by atoms with Gasteiger partial charge in [-0.05, 0) is 32.0 Å². The zero-order valence-corrected chi connectivity index (χ0v) is 15.5. The van der Waals surface area contributed by atoms with E-state index in [9.17, 15) is 9.59 Å². The zero-order chi connectivity index (χ0) is 18.8. The van der Waals surface area contributed by atoms with E-state index in [0.29, 0.717) is 11.1 Å². The van der Waals surface area contributed by atoms with E-state index in [2.05, 4.69) is 5.32 Å². The van der Waals surface area contributed by atoms with Gasteiger partial charge in [-0.1, -0.05) is 47.5 Å². The molecule has 26 heavy (non-hydrogen) atoms. The van der Waals surface area contributed by atoms with E-state index in [1.807, 2.05) is 18.2 Å². The summed E-state index contributed by atoms with van der Waals surface area (Å²) in [6.07, 6.45) is -1.07. The first kappa shape index (κ1) is 18.3. The van der Waals surface area contributed by atoms with Crippen LogP contribution in [-0.2, 0) is 9.53 Å². The smallest absolute Gasteiger partial charge is 0.375 e. The molecule has 1 heterocycles. The van der Waals surface area contributed by atoms with Gasteiger partial charge < -0.3 is 14.5 Å². The summed E-state index contributed by atoms with van der Waals surface area (Å²) in [5.74, 6) is -1.20. The largest absolute Gasteiger partial charge is 0.449 e. The van der Waals surface area contributed by atoms with E-state index in [1.165, 1.54) is 6.92 Å². The summed E-state index contributed by atoms with van der Waals surface area (Å²) in [5.41, 5.74) is 1.51. The molecule has 3 aromatic rings. The maximum Gasteiger partial charge on any atom is 0.375 e. The molecule has 5 nitrogen and oxygen atoms in total. The summed E-state index contributed by atoms with van der Waals surface area (Å²) in [7, 11) is 0. The Morgan fingerprint density at radius 1 is 1.08 bits per heavy atom. The van der Waals surface area contributed by atoms with Gasteiger partial charge in [0.15, 0.2) is 6.10 Å². The number of aryl methyl sites for hydroxylation is 1. The minimum Gasteiger partial charge on any atom is -0.449 e. The van der Waals surface area contributed by atoms with Gasteiger partial charge in [0, 0.05) is 10.9 Å². The predicted octanol–water partition coefficient (Wildman–Crippen LogP) is 5.23. The van der Waals surface area contributed by atoms with Crippen molar-refractivity contribution >= 4 is 51.7 Å².